The number of aromatic nitrogens is 1. The number of anilines is 1. The van der Waals surface area contributed by atoms with E-state index in [0.717, 1.165) is 25.0 Å². The van der Waals surface area contributed by atoms with Crippen molar-refractivity contribution in [1.29, 1.82) is 0 Å². The minimum Gasteiger partial charge on any atom is -0.360 e. The molecule has 0 saturated heterocycles. The number of benzene rings is 1. The highest BCUT2D eigenvalue weighted by atomic mass is 19.4. The average Bonchev–Trinajstić information content (AvgIpc) is 3.34. The summed E-state index contributed by atoms with van der Waals surface area (Å²) in [7, 11) is 0. The third-order valence-corrected chi connectivity index (χ3v) is 4.43. The molecule has 1 aliphatic rings. The summed E-state index contributed by atoms with van der Waals surface area (Å²) in [5.41, 5.74) is -0.142. The van der Waals surface area contributed by atoms with E-state index in [1.165, 1.54) is 6.07 Å². The lowest BCUT2D eigenvalue weighted by Gasteiger charge is -2.29. The Morgan fingerprint density at radius 2 is 2.12 bits per heavy atom. The van der Waals surface area contributed by atoms with Crippen LogP contribution in [0.4, 0.5) is 19.0 Å². The summed E-state index contributed by atoms with van der Waals surface area (Å²) in [5, 5.41) is 6.37. The molecule has 1 aliphatic carbocycles. The minimum atomic E-state index is -4.39. The number of aryl methyl sites for hydroxylation is 1. The van der Waals surface area contributed by atoms with Gasteiger partial charge in [-0.25, -0.2) is 0 Å². The topological polar surface area (TPSA) is 58.4 Å². The van der Waals surface area contributed by atoms with Crippen LogP contribution in [0.3, 0.4) is 0 Å². The zero-order valence-electron chi connectivity index (χ0n) is 14.5. The van der Waals surface area contributed by atoms with E-state index < -0.39 is 11.7 Å². The molecule has 2 aromatic rings. The average molecular weight is 367 g/mol. The second-order valence-electron chi connectivity index (χ2n) is 6.57. The van der Waals surface area contributed by atoms with Gasteiger partial charge < -0.3 is 9.84 Å². The highest BCUT2D eigenvalue weighted by Crippen LogP contribution is 2.36. The van der Waals surface area contributed by atoms with Crippen LogP contribution in [0.5, 0.6) is 0 Å². The third-order valence-electron chi connectivity index (χ3n) is 4.43. The standard InChI is InChI=1S/C18H20F3N3O2/c1-11-8-16(23-26-11)22-17(25)10-24(15-6-7-15)12(2)13-4-3-5-14(9-13)18(19,20)21/h3-5,8-9,12,15H,6-7,10H2,1-2H3,(H,22,23,25). The summed E-state index contributed by atoms with van der Waals surface area (Å²) in [6, 6.07) is 6.76. The van der Waals surface area contributed by atoms with Gasteiger partial charge in [0.25, 0.3) is 0 Å². The number of hydrogen-bond donors (Lipinski definition) is 1. The molecular formula is C18H20F3N3O2. The first kappa shape index (κ1) is 18.4. The maximum Gasteiger partial charge on any atom is 0.416 e. The van der Waals surface area contributed by atoms with Crippen LogP contribution in [-0.2, 0) is 11.0 Å². The fourth-order valence-corrected chi connectivity index (χ4v) is 2.93. The number of nitrogens with one attached hydrogen (secondary N) is 1. The van der Waals surface area contributed by atoms with Crippen LogP contribution in [-0.4, -0.2) is 28.6 Å². The molecule has 0 spiro atoms. The largest absolute Gasteiger partial charge is 0.416 e. The first-order valence-corrected chi connectivity index (χ1v) is 8.40. The minimum absolute atomic E-state index is 0.0774. The van der Waals surface area contributed by atoms with E-state index in [9.17, 15) is 18.0 Å². The van der Waals surface area contributed by atoms with Gasteiger partial charge in [-0.1, -0.05) is 17.3 Å². The highest BCUT2D eigenvalue weighted by Gasteiger charge is 2.35. The zero-order valence-corrected chi connectivity index (χ0v) is 14.5. The fourth-order valence-electron chi connectivity index (χ4n) is 2.93. The lowest BCUT2D eigenvalue weighted by molar-refractivity contribution is -0.137. The van der Waals surface area contributed by atoms with Gasteiger partial charge in [0.1, 0.15) is 5.76 Å². The lowest BCUT2D eigenvalue weighted by Crippen LogP contribution is -2.37. The molecular weight excluding hydrogens is 347 g/mol. The number of halogens is 3. The molecule has 3 rings (SSSR count). The Morgan fingerprint density at radius 3 is 2.69 bits per heavy atom. The van der Waals surface area contributed by atoms with E-state index >= 15 is 0 Å². The summed E-state index contributed by atoms with van der Waals surface area (Å²) in [6.07, 6.45) is -2.53. The lowest BCUT2D eigenvalue weighted by atomic mass is 10.0. The van der Waals surface area contributed by atoms with Crippen LogP contribution < -0.4 is 5.32 Å². The Morgan fingerprint density at radius 1 is 1.38 bits per heavy atom. The van der Waals surface area contributed by atoms with Crippen molar-refractivity contribution >= 4 is 11.7 Å². The third kappa shape index (κ3) is 4.43. The molecule has 1 N–H and O–H groups in total. The van der Waals surface area contributed by atoms with E-state index in [1.54, 1.807) is 19.1 Å². The quantitative estimate of drug-likeness (QED) is 0.833. The van der Waals surface area contributed by atoms with Gasteiger partial charge in [-0.3, -0.25) is 9.69 Å². The normalized spacial score (nSPS) is 15.9. The molecule has 1 unspecified atom stereocenters. The maximum atomic E-state index is 13.0. The molecule has 1 aromatic carbocycles. The van der Waals surface area contributed by atoms with Crippen LogP contribution in [0.2, 0.25) is 0 Å². The van der Waals surface area contributed by atoms with E-state index in [-0.39, 0.29) is 24.5 Å². The van der Waals surface area contributed by atoms with Gasteiger partial charge in [0.05, 0.1) is 12.1 Å². The number of alkyl halides is 3. The number of amides is 1. The second kappa shape index (κ2) is 7.11. The van der Waals surface area contributed by atoms with E-state index in [4.69, 9.17) is 4.52 Å². The van der Waals surface area contributed by atoms with Gasteiger partial charge in [0.15, 0.2) is 5.82 Å². The molecule has 0 aliphatic heterocycles. The summed E-state index contributed by atoms with van der Waals surface area (Å²) in [4.78, 5) is 14.2. The van der Waals surface area contributed by atoms with Gasteiger partial charge in [0, 0.05) is 18.2 Å². The van der Waals surface area contributed by atoms with Crippen molar-refractivity contribution in [2.75, 3.05) is 11.9 Å². The van der Waals surface area contributed by atoms with E-state index in [0.29, 0.717) is 17.1 Å². The molecule has 1 saturated carbocycles. The Hall–Kier alpha value is -2.35. The van der Waals surface area contributed by atoms with Crippen LogP contribution >= 0.6 is 0 Å². The molecule has 1 fully saturated rings. The number of carbonyl (C=O) groups excluding carboxylic acids is 1. The Labute approximate surface area is 149 Å². The number of hydrogen-bond acceptors (Lipinski definition) is 4. The SMILES string of the molecule is Cc1cc(NC(=O)CN(C2CC2)C(C)c2cccc(C(F)(F)F)c2)no1. The molecule has 0 radical (unpaired) electrons. The predicted molar refractivity (Wildman–Crippen MR) is 89.5 cm³/mol. The molecule has 0 bridgehead atoms. The van der Waals surface area contributed by atoms with E-state index in [1.807, 2.05) is 11.8 Å². The molecule has 1 amide bonds. The fraction of sp³-hybridized carbons (Fsp3) is 0.444. The Balaban J connectivity index is 1.72. The maximum absolute atomic E-state index is 13.0. The van der Waals surface area contributed by atoms with Crippen molar-refractivity contribution < 1.29 is 22.5 Å². The van der Waals surface area contributed by atoms with Crippen molar-refractivity contribution in [1.82, 2.24) is 10.1 Å². The van der Waals surface area contributed by atoms with Crippen LogP contribution in [0.1, 0.15) is 42.7 Å². The van der Waals surface area contributed by atoms with Crippen molar-refractivity contribution in [3.8, 4) is 0 Å². The molecule has 1 heterocycles. The van der Waals surface area contributed by atoms with Crippen molar-refractivity contribution in [3.63, 3.8) is 0 Å². The Kier molecular flexibility index (Phi) is 5.04. The second-order valence-corrected chi connectivity index (χ2v) is 6.57. The molecule has 5 nitrogen and oxygen atoms in total. The zero-order chi connectivity index (χ0) is 18.9. The van der Waals surface area contributed by atoms with Gasteiger partial charge in [-0.05, 0) is 44.4 Å². The van der Waals surface area contributed by atoms with Crippen LogP contribution in [0.15, 0.2) is 34.9 Å². The first-order chi connectivity index (χ1) is 12.2. The van der Waals surface area contributed by atoms with E-state index in [2.05, 4.69) is 10.5 Å². The van der Waals surface area contributed by atoms with Crippen molar-refractivity contribution in [3.05, 3.63) is 47.2 Å². The molecule has 8 heteroatoms. The predicted octanol–water partition coefficient (Wildman–Crippen LogP) is 4.17. The highest BCUT2D eigenvalue weighted by molar-refractivity contribution is 5.91. The van der Waals surface area contributed by atoms with Gasteiger partial charge >= 0.3 is 6.18 Å². The van der Waals surface area contributed by atoms with Crippen molar-refractivity contribution in [2.45, 2.75) is 44.9 Å². The molecule has 140 valence electrons. The monoisotopic (exact) mass is 367 g/mol. The Bertz CT molecular complexity index is 784. The van der Waals surface area contributed by atoms with Crippen molar-refractivity contribution in [2.24, 2.45) is 0 Å². The molecule has 26 heavy (non-hydrogen) atoms. The summed E-state index contributed by atoms with van der Waals surface area (Å²) in [6.45, 7) is 3.62. The molecule has 1 aromatic heterocycles. The number of rotatable bonds is 6. The number of nitrogens with zero attached hydrogens (tertiary/aromatic N) is 2. The van der Waals surface area contributed by atoms with Crippen LogP contribution in [0.25, 0.3) is 0 Å². The summed E-state index contributed by atoms with van der Waals surface area (Å²) in [5.74, 6) is 0.635. The summed E-state index contributed by atoms with van der Waals surface area (Å²) >= 11 is 0. The number of carbonyl (C=O) groups is 1. The van der Waals surface area contributed by atoms with Crippen LogP contribution in [0, 0.1) is 6.92 Å². The van der Waals surface area contributed by atoms with Gasteiger partial charge in [0.2, 0.25) is 5.91 Å². The summed E-state index contributed by atoms with van der Waals surface area (Å²) < 4.78 is 43.8. The smallest absolute Gasteiger partial charge is 0.360 e. The van der Waals surface area contributed by atoms with Gasteiger partial charge in [-0.15, -0.1) is 0 Å². The molecule has 1 atom stereocenters. The van der Waals surface area contributed by atoms with Gasteiger partial charge in [-0.2, -0.15) is 13.2 Å². The first-order valence-electron chi connectivity index (χ1n) is 8.40.